The van der Waals surface area contributed by atoms with E-state index in [-0.39, 0.29) is 11.9 Å². The number of aromatic nitrogens is 4. The number of nitrogens with zero attached hydrogens (tertiary/aromatic N) is 5. The summed E-state index contributed by atoms with van der Waals surface area (Å²) in [6.07, 6.45) is 1.78. The van der Waals surface area contributed by atoms with Crippen molar-refractivity contribution in [2.24, 2.45) is 0 Å². The van der Waals surface area contributed by atoms with Crippen molar-refractivity contribution in [3.05, 3.63) is 66.2 Å². The molecule has 1 N–H and O–H groups in total. The quantitative estimate of drug-likeness (QED) is 0.389. The predicted octanol–water partition coefficient (Wildman–Crippen LogP) is 5.10. The van der Waals surface area contributed by atoms with E-state index in [1.165, 1.54) is 6.07 Å². The van der Waals surface area contributed by atoms with Crippen LogP contribution < -0.4 is 10.1 Å². The molecular formula is C27H27F3N6O2. The minimum Gasteiger partial charge on any atom is -0.488 e. The third-order valence-electron chi connectivity index (χ3n) is 7.28. The zero-order chi connectivity index (χ0) is 26.4. The van der Waals surface area contributed by atoms with Gasteiger partial charge in [0.15, 0.2) is 5.82 Å². The van der Waals surface area contributed by atoms with Gasteiger partial charge in [0, 0.05) is 60.2 Å². The molecule has 4 aromatic heterocycles. The number of pyridine rings is 3. The van der Waals surface area contributed by atoms with Gasteiger partial charge in [-0.2, -0.15) is 18.3 Å². The summed E-state index contributed by atoms with van der Waals surface area (Å²) in [5.41, 5.74) is 2.68. The minimum absolute atomic E-state index is 0.0565. The number of ether oxygens (including phenoxy) is 2. The highest BCUT2D eigenvalue weighted by Crippen LogP contribution is 2.37. The highest BCUT2D eigenvalue weighted by molar-refractivity contribution is 5.85. The lowest BCUT2D eigenvalue weighted by molar-refractivity contribution is -0.137. The second kappa shape index (κ2) is 9.55. The number of fused-ring (bicyclic) bond motifs is 3. The highest BCUT2D eigenvalue weighted by Gasteiger charge is 2.38. The monoisotopic (exact) mass is 524 g/mol. The Morgan fingerprint density at radius 2 is 1.79 bits per heavy atom. The summed E-state index contributed by atoms with van der Waals surface area (Å²) in [4.78, 5) is 10.8. The van der Waals surface area contributed by atoms with E-state index in [0.29, 0.717) is 36.9 Å². The first kappa shape index (κ1) is 24.6. The van der Waals surface area contributed by atoms with Crippen molar-refractivity contribution in [3.63, 3.8) is 0 Å². The van der Waals surface area contributed by atoms with Crippen LogP contribution in [0.2, 0.25) is 0 Å². The molecule has 38 heavy (non-hydrogen) atoms. The van der Waals surface area contributed by atoms with Gasteiger partial charge in [-0.25, -0.2) is 9.50 Å². The molecule has 0 spiro atoms. The van der Waals surface area contributed by atoms with Gasteiger partial charge >= 0.3 is 6.18 Å². The lowest BCUT2D eigenvalue weighted by atomic mass is 9.92. The zero-order valence-electron chi connectivity index (χ0n) is 20.9. The maximum Gasteiger partial charge on any atom is 0.417 e. The maximum absolute atomic E-state index is 12.9. The normalized spacial score (nSPS) is 22.0. The Labute approximate surface area is 217 Å². The number of hydrogen-bond acceptors (Lipinski definition) is 7. The topological polar surface area (TPSA) is 76.8 Å². The summed E-state index contributed by atoms with van der Waals surface area (Å²) in [6, 6.07) is 10.7. The van der Waals surface area contributed by atoms with E-state index in [1.807, 2.05) is 37.4 Å². The van der Waals surface area contributed by atoms with Gasteiger partial charge in [-0.05, 0) is 38.2 Å². The van der Waals surface area contributed by atoms with Crippen molar-refractivity contribution < 1.29 is 22.6 Å². The van der Waals surface area contributed by atoms with E-state index in [4.69, 9.17) is 9.47 Å². The Morgan fingerprint density at radius 1 is 1.00 bits per heavy atom. The van der Waals surface area contributed by atoms with E-state index in [2.05, 4.69) is 32.3 Å². The van der Waals surface area contributed by atoms with E-state index in [1.54, 1.807) is 10.7 Å². The van der Waals surface area contributed by atoms with Crippen LogP contribution in [0.1, 0.15) is 24.1 Å². The van der Waals surface area contributed by atoms with Crippen molar-refractivity contribution >= 4 is 17.2 Å². The first-order valence-corrected chi connectivity index (χ1v) is 12.5. The van der Waals surface area contributed by atoms with Crippen LogP contribution in [0, 0.1) is 6.92 Å². The van der Waals surface area contributed by atoms with E-state index < -0.39 is 11.7 Å². The molecule has 6 heterocycles. The van der Waals surface area contributed by atoms with Crippen LogP contribution >= 0.6 is 0 Å². The van der Waals surface area contributed by atoms with Crippen molar-refractivity contribution in [2.75, 3.05) is 25.6 Å². The third-order valence-corrected chi connectivity index (χ3v) is 7.28. The molecule has 198 valence electrons. The molecule has 6 rings (SSSR count). The molecule has 0 saturated carbocycles. The van der Waals surface area contributed by atoms with Gasteiger partial charge in [-0.1, -0.05) is 6.07 Å². The fourth-order valence-corrected chi connectivity index (χ4v) is 5.24. The summed E-state index contributed by atoms with van der Waals surface area (Å²) in [5.74, 6) is 1.43. The van der Waals surface area contributed by atoms with Crippen molar-refractivity contribution in [3.8, 4) is 16.9 Å². The largest absolute Gasteiger partial charge is 0.488 e. The van der Waals surface area contributed by atoms with Gasteiger partial charge in [0.25, 0.3) is 0 Å². The van der Waals surface area contributed by atoms with Gasteiger partial charge in [-0.3, -0.25) is 9.88 Å². The van der Waals surface area contributed by atoms with E-state index >= 15 is 0 Å². The number of piperidine rings is 1. The van der Waals surface area contributed by atoms with Gasteiger partial charge < -0.3 is 14.8 Å². The number of anilines is 2. The second-order valence-corrected chi connectivity index (χ2v) is 9.88. The van der Waals surface area contributed by atoms with Crippen LogP contribution in [0.5, 0.6) is 5.75 Å². The number of alkyl halides is 3. The predicted molar refractivity (Wildman–Crippen MR) is 135 cm³/mol. The number of rotatable bonds is 5. The Morgan fingerprint density at radius 3 is 2.50 bits per heavy atom. The summed E-state index contributed by atoms with van der Waals surface area (Å²) >= 11 is 0. The molecule has 11 heteroatoms. The number of aryl methyl sites for hydroxylation is 1. The smallest absolute Gasteiger partial charge is 0.417 e. The molecule has 0 radical (unpaired) electrons. The van der Waals surface area contributed by atoms with Crippen LogP contribution in [0.25, 0.3) is 16.6 Å². The van der Waals surface area contributed by atoms with E-state index in [9.17, 15) is 13.2 Å². The Bertz CT molecular complexity index is 1440. The molecule has 0 aliphatic carbocycles. The molecule has 0 amide bonds. The number of halogens is 3. The lowest BCUT2D eigenvalue weighted by Gasteiger charge is -2.46. The first-order valence-electron chi connectivity index (χ1n) is 12.5. The second-order valence-electron chi connectivity index (χ2n) is 9.88. The third kappa shape index (κ3) is 4.79. The van der Waals surface area contributed by atoms with Gasteiger partial charge in [0.05, 0.1) is 30.5 Å². The average molecular weight is 525 g/mol. The van der Waals surface area contributed by atoms with Gasteiger partial charge in [0.2, 0.25) is 0 Å². The molecule has 2 unspecified atom stereocenters. The highest BCUT2D eigenvalue weighted by atomic mass is 19.4. The molecule has 2 aliphatic rings. The van der Waals surface area contributed by atoms with Gasteiger partial charge in [-0.15, -0.1) is 0 Å². The Hall–Kier alpha value is -3.70. The molecule has 2 bridgehead atoms. The van der Waals surface area contributed by atoms with Crippen LogP contribution in [-0.2, 0) is 10.9 Å². The molecule has 0 aromatic carbocycles. The molecule has 2 saturated heterocycles. The fraction of sp³-hybridized carbons (Fsp3) is 0.370. The Balaban J connectivity index is 1.29. The van der Waals surface area contributed by atoms with Gasteiger partial charge in [0.1, 0.15) is 17.7 Å². The molecule has 2 atom stereocenters. The summed E-state index contributed by atoms with van der Waals surface area (Å²) < 4.78 is 52.7. The summed E-state index contributed by atoms with van der Waals surface area (Å²) in [5, 5.41) is 7.55. The maximum atomic E-state index is 12.9. The fourth-order valence-electron chi connectivity index (χ4n) is 5.24. The van der Waals surface area contributed by atoms with Crippen LogP contribution in [0.15, 0.2) is 55.0 Å². The van der Waals surface area contributed by atoms with Crippen molar-refractivity contribution in [1.82, 2.24) is 24.5 Å². The molecular weight excluding hydrogens is 497 g/mol. The molecule has 2 aliphatic heterocycles. The zero-order valence-corrected chi connectivity index (χ0v) is 20.9. The molecule has 8 nitrogen and oxygen atoms in total. The van der Waals surface area contributed by atoms with E-state index in [0.717, 1.165) is 47.4 Å². The standard InChI is InChI=1S/C27H27F3N6O2/c1-16-8-22(24(13-31-16)38-20-9-18-14-37-15-19(10-20)35(18)2)21-4-3-7-36-23(21)11-26(34-36)33-25-6-5-17(12-32-25)27(28,29)30/h3-8,11-13,18-20H,9-10,14-15H2,1-2H3,(H,32,33,34). The SMILES string of the molecule is Cc1cc(-c2cccn3nc(Nc4ccc(C(F)(F)F)cn4)cc23)c(OC2CC3COCC(C2)N3C)cn1. The first-order chi connectivity index (χ1) is 18.2. The van der Waals surface area contributed by atoms with Crippen molar-refractivity contribution in [1.29, 1.82) is 0 Å². The summed E-state index contributed by atoms with van der Waals surface area (Å²) in [6.45, 7) is 3.36. The summed E-state index contributed by atoms with van der Waals surface area (Å²) in [7, 11) is 2.15. The Kier molecular flexibility index (Phi) is 6.19. The minimum atomic E-state index is -4.44. The van der Waals surface area contributed by atoms with Crippen LogP contribution in [0.3, 0.4) is 0 Å². The van der Waals surface area contributed by atoms with Crippen molar-refractivity contribution in [2.45, 2.75) is 44.1 Å². The molecule has 2 fully saturated rings. The van der Waals surface area contributed by atoms with Crippen LogP contribution in [0.4, 0.5) is 24.8 Å². The number of likely N-dealkylation sites (N-methyl/N-ethyl adjacent to an activating group) is 1. The number of morpholine rings is 1. The average Bonchev–Trinajstić information content (AvgIpc) is 3.28. The van der Waals surface area contributed by atoms with Crippen LogP contribution in [-0.4, -0.2) is 62.9 Å². The lowest BCUT2D eigenvalue weighted by Crippen LogP contribution is -2.57. The number of hydrogen-bond donors (Lipinski definition) is 1. The number of nitrogens with one attached hydrogen (secondary N) is 1. The molecule has 4 aromatic rings.